The summed E-state index contributed by atoms with van der Waals surface area (Å²) in [7, 11) is 0. The van der Waals surface area contributed by atoms with Gasteiger partial charge in [-0.2, -0.15) is 0 Å². The quantitative estimate of drug-likeness (QED) is 0.280. The number of piperidine rings is 3. The molecule has 3 aliphatic rings. The summed E-state index contributed by atoms with van der Waals surface area (Å²) in [5.41, 5.74) is 1.15. The Labute approximate surface area is 215 Å². The number of aromatic nitrogens is 1. The summed E-state index contributed by atoms with van der Waals surface area (Å²) in [5.74, 6) is -0.482. The predicted octanol–water partition coefficient (Wildman–Crippen LogP) is 4.29. The molecule has 0 radical (unpaired) electrons. The molecule has 3 aliphatic heterocycles. The summed E-state index contributed by atoms with van der Waals surface area (Å²) >= 11 is 1.36. The second-order valence-electron chi connectivity index (χ2n) is 9.39. The first-order chi connectivity index (χ1) is 17.0. The molecule has 1 unspecified atom stereocenters. The highest BCUT2D eigenvalue weighted by atomic mass is 32.1. The molecular weight excluding hydrogens is 474 g/mol. The van der Waals surface area contributed by atoms with Crippen molar-refractivity contribution >= 4 is 29.0 Å². The van der Waals surface area contributed by atoms with Gasteiger partial charge in [0.05, 0.1) is 13.1 Å². The van der Waals surface area contributed by atoms with Crippen LogP contribution in [0.4, 0.5) is 0 Å². The topological polar surface area (TPSA) is 85.4 Å². The number of fused-ring (bicyclic) bond motifs is 3. The van der Waals surface area contributed by atoms with Crippen LogP contribution >= 0.6 is 11.3 Å². The number of nitrogens with zero attached hydrogens (tertiary/aromatic N) is 2. The number of rotatable bonds is 8. The number of quaternary nitrogens is 1. The van der Waals surface area contributed by atoms with Crippen LogP contribution in [0, 0.1) is 5.92 Å². The van der Waals surface area contributed by atoms with Crippen LogP contribution in [0.2, 0.25) is 0 Å². The van der Waals surface area contributed by atoms with Gasteiger partial charge in [-0.05, 0) is 17.7 Å². The second kappa shape index (κ2) is 11.1. The van der Waals surface area contributed by atoms with Crippen molar-refractivity contribution in [2.75, 3.05) is 26.2 Å². The third-order valence-electron chi connectivity index (χ3n) is 7.14. The molecule has 2 aromatic carbocycles. The Morgan fingerprint density at radius 3 is 2.33 bits per heavy atom. The van der Waals surface area contributed by atoms with Crippen molar-refractivity contribution in [2.45, 2.75) is 32.4 Å². The minimum absolute atomic E-state index is 0. The van der Waals surface area contributed by atoms with Crippen LogP contribution in [0.25, 0.3) is 0 Å². The predicted molar refractivity (Wildman–Crippen MR) is 139 cm³/mol. The Kier molecular flexibility index (Phi) is 7.96. The average molecular weight is 507 g/mol. The van der Waals surface area contributed by atoms with E-state index in [1.807, 2.05) is 41.8 Å². The molecule has 4 heterocycles. The van der Waals surface area contributed by atoms with Gasteiger partial charge in [0, 0.05) is 35.9 Å². The van der Waals surface area contributed by atoms with E-state index in [-0.39, 0.29) is 31.1 Å². The first kappa shape index (κ1) is 25.7. The van der Waals surface area contributed by atoms with E-state index in [4.69, 9.17) is 4.74 Å². The number of ether oxygens (including phenoxy) is 1. The maximum absolute atomic E-state index is 13.4. The standard InChI is InChI=1S/C27H27N3O4S.CH4/c31-22(26-28-13-16-35-26)17-30-14-11-19(12-15-30)23(18-30)34-27(33)24(20-7-3-1-4-8-20)29-25(32)21-9-5-2-6-10-21;/h1-10,13,16,19,23-24H,11-12,14-15,17-18H2;1H4/p+1/t19?,23-,24?,30?;/m0./s1. The fourth-order valence-corrected chi connectivity index (χ4v) is 5.82. The molecule has 8 heteroatoms. The highest BCUT2D eigenvalue weighted by Gasteiger charge is 2.49. The molecule has 3 fully saturated rings. The van der Waals surface area contributed by atoms with Crippen molar-refractivity contribution in [2.24, 2.45) is 5.92 Å². The van der Waals surface area contributed by atoms with Gasteiger partial charge in [-0.3, -0.25) is 9.59 Å². The molecule has 1 aromatic heterocycles. The molecular formula is C28H32N3O4S+. The van der Waals surface area contributed by atoms with Crippen LogP contribution in [0.3, 0.4) is 0 Å². The van der Waals surface area contributed by atoms with Crippen molar-refractivity contribution in [1.29, 1.82) is 0 Å². The van der Waals surface area contributed by atoms with Gasteiger partial charge in [-0.25, -0.2) is 9.78 Å². The molecule has 36 heavy (non-hydrogen) atoms. The number of Topliss-reactive ketones (excluding diaryl/α,β-unsaturated/α-hetero) is 1. The van der Waals surface area contributed by atoms with Gasteiger partial charge in [0.2, 0.25) is 5.78 Å². The highest BCUT2D eigenvalue weighted by Crippen LogP contribution is 2.36. The number of esters is 1. The van der Waals surface area contributed by atoms with E-state index in [2.05, 4.69) is 10.3 Å². The summed E-state index contributed by atoms with van der Waals surface area (Å²) in [6.07, 6.45) is 3.19. The Bertz CT molecular complexity index is 1180. The number of nitrogens with one attached hydrogen (secondary N) is 1. The lowest BCUT2D eigenvalue weighted by Crippen LogP contribution is -2.66. The van der Waals surface area contributed by atoms with Crippen LogP contribution in [-0.2, 0) is 9.53 Å². The lowest BCUT2D eigenvalue weighted by atomic mass is 9.83. The lowest BCUT2D eigenvalue weighted by molar-refractivity contribution is -0.938. The number of carbonyl (C=O) groups excluding carboxylic acids is 3. The number of benzene rings is 2. The monoisotopic (exact) mass is 506 g/mol. The lowest BCUT2D eigenvalue weighted by Gasteiger charge is -2.51. The summed E-state index contributed by atoms with van der Waals surface area (Å²) in [5, 5.41) is 5.21. The van der Waals surface area contributed by atoms with E-state index in [1.54, 1.807) is 30.5 Å². The van der Waals surface area contributed by atoms with E-state index in [0.29, 0.717) is 33.7 Å². The second-order valence-corrected chi connectivity index (χ2v) is 10.3. The molecule has 7 nitrogen and oxygen atoms in total. The van der Waals surface area contributed by atoms with Gasteiger partial charge in [0.1, 0.15) is 13.1 Å². The normalized spacial score (nSPS) is 23.2. The van der Waals surface area contributed by atoms with Crippen molar-refractivity contribution < 1.29 is 23.6 Å². The van der Waals surface area contributed by atoms with E-state index in [9.17, 15) is 14.4 Å². The van der Waals surface area contributed by atoms with Crippen LogP contribution in [-0.4, -0.2) is 59.4 Å². The van der Waals surface area contributed by atoms with E-state index in [1.165, 1.54) is 11.3 Å². The smallest absolute Gasteiger partial charge is 0.333 e. The minimum atomic E-state index is -0.912. The summed E-state index contributed by atoms with van der Waals surface area (Å²) < 4.78 is 6.71. The number of ketones is 1. The Morgan fingerprint density at radius 1 is 1.03 bits per heavy atom. The van der Waals surface area contributed by atoms with Gasteiger partial charge in [0.15, 0.2) is 17.2 Å². The van der Waals surface area contributed by atoms with Gasteiger partial charge >= 0.3 is 5.97 Å². The third kappa shape index (κ3) is 5.55. The van der Waals surface area contributed by atoms with Crippen LogP contribution in [0.1, 0.15) is 52.0 Å². The van der Waals surface area contributed by atoms with Gasteiger partial charge in [-0.1, -0.05) is 56.0 Å². The summed E-state index contributed by atoms with van der Waals surface area (Å²) in [6, 6.07) is 17.1. The first-order valence-electron chi connectivity index (χ1n) is 11.9. The van der Waals surface area contributed by atoms with E-state index < -0.39 is 12.0 Å². The van der Waals surface area contributed by atoms with Crippen LogP contribution < -0.4 is 5.32 Å². The molecule has 3 aromatic rings. The van der Waals surface area contributed by atoms with Gasteiger partial charge in [-0.15, -0.1) is 11.3 Å². The van der Waals surface area contributed by atoms with Crippen molar-refractivity contribution in [3.8, 4) is 0 Å². The van der Waals surface area contributed by atoms with Crippen molar-refractivity contribution in [3.05, 3.63) is 88.4 Å². The van der Waals surface area contributed by atoms with E-state index in [0.717, 1.165) is 25.9 Å². The minimum Gasteiger partial charge on any atom is -0.454 e. The molecule has 0 spiro atoms. The molecule has 0 saturated carbocycles. The van der Waals surface area contributed by atoms with Gasteiger partial charge < -0.3 is 14.5 Å². The molecule has 1 amide bonds. The number of carbonyl (C=O) groups is 3. The average Bonchev–Trinajstić information content (AvgIpc) is 3.44. The summed E-state index contributed by atoms with van der Waals surface area (Å²) in [6.45, 7) is 2.80. The Balaban J connectivity index is 0.00000304. The molecule has 3 saturated heterocycles. The molecule has 188 valence electrons. The first-order valence-corrected chi connectivity index (χ1v) is 12.8. The van der Waals surface area contributed by atoms with Crippen LogP contribution in [0.5, 0.6) is 0 Å². The molecule has 2 bridgehead atoms. The number of amides is 1. The molecule has 2 atom stereocenters. The molecule has 1 N–H and O–H groups in total. The Hall–Kier alpha value is -3.36. The molecule has 0 aliphatic carbocycles. The Morgan fingerprint density at radius 2 is 1.69 bits per heavy atom. The zero-order chi connectivity index (χ0) is 24.3. The number of hydrogen-bond donors (Lipinski definition) is 1. The third-order valence-corrected chi connectivity index (χ3v) is 7.95. The van der Waals surface area contributed by atoms with Crippen molar-refractivity contribution in [1.82, 2.24) is 10.3 Å². The molecule has 6 rings (SSSR count). The largest absolute Gasteiger partial charge is 0.454 e. The summed E-state index contributed by atoms with van der Waals surface area (Å²) in [4.78, 5) is 43.3. The maximum atomic E-state index is 13.4. The van der Waals surface area contributed by atoms with Crippen molar-refractivity contribution in [3.63, 3.8) is 0 Å². The zero-order valence-electron chi connectivity index (χ0n) is 19.3. The highest BCUT2D eigenvalue weighted by molar-refractivity contribution is 7.11. The van der Waals surface area contributed by atoms with Crippen LogP contribution in [0.15, 0.2) is 72.2 Å². The van der Waals surface area contributed by atoms with Gasteiger partial charge in [0.25, 0.3) is 5.91 Å². The number of hydrogen-bond acceptors (Lipinski definition) is 6. The number of thiazole rings is 1. The SMILES string of the molecule is C.O=C(NC(C(=O)O[C@H]1C[N+]2(CC(=O)c3nccs3)CCC1CC2)c1ccccc1)c1ccccc1. The fourth-order valence-electron chi connectivity index (χ4n) is 5.26. The van der Waals surface area contributed by atoms with E-state index >= 15 is 0 Å². The zero-order valence-corrected chi connectivity index (χ0v) is 20.2. The maximum Gasteiger partial charge on any atom is 0.333 e. The fraction of sp³-hybridized carbons (Fsp3) is 0.357.